The number of carbonyl (C=O) groups excluding carboxylic acids is 1. The van der Waals surface area contributed by atoms with Gasteiger partial charge in [-0.1, -0.05) is 23.4 Å². The molecule has 1 aromatic carbocycles. The van der Waals surface area contributed by atoms with Gasteiger partial charge in [-0.25, -0.2) is 9.19 Å². The minimum absolute atomic E-state index is 0.275. The van der Waals surface area contributed by atoms with Crippen molar-refractivity contribution in [2.75, 3.05) is 6.26 Å². The molecule has 0 aliphatic heterocycles. The second-order valence-corrected chi connectivity index (χ2v) is 7.29. The lowest BCUT2D eigenvalue weighted by Crippen LogP contribution is -2.05. The fourth-order valence-corrected chi connectivity index (χ4v) is 3.11. The van der Waals surface area contributed by atoms with E-state index in [-0.39, 0.29) is 5.03 Å². The third kappa shape index (κ3) is 3.38. The molecule has 0 saturated carbocycles. The molecule has 1 amide bonds. The Hall–Kier alpha value is -2.87. The van der Waals surface area contributed by atoms with Gasteiger partial charge in [0.25, 0.3) is 5.91 Å². The number of rotatable bonds is 3. The highest BCUT2D eigenvalue weighted by Crippen LogP contribution is 2.17. The van der Waals surface area contributed by atoms with Crippen LogP contribution in [0.1, 0.15) is 16.2 Å². The lowest BCUT2D eigenvalue weighted by molar-refractivity contribution is 0.100. The fraction of sp³-hybridized carbons (Fsp3) is 0.125. The van der Waals surface area contributed by atoms with E-state index in [1.807, 2.05) is 0 Å². The molecular formula is C16H14N4O3S. The summed E-state index contributed by atoms with van der Waals surface area (Å²) in [6, 6.07) is 11.5. The molecule has 7 nitrogen and oxygen atoms in total. The van der Waals surface area contributed by atoms with Crippen LogP contribution in [0.5, 0.6) is 0 Å². The predicted molar refractivity (Wildman–Crippen MR) is 87.8 cm³/mol. The highest BCUT2D eigenvalue weighted by atomic mass is 32.2. The third-order valence-corrected chi connectivity index (χ3v) is 4.73. The summed E-state index contributed by atoms with van der Waals surface area (Å²) in [5.41, 5.74) is 1.04. The van der Waals surface area contributed by atoms with Crippen molar-refractivity contribution in [1.82, 2.24) is 15.1 Å². The van der Waals surface area contributed by atoms with Crippen molar-refractivity contribution in [1.29, 1.82) is 0 Å². The first-order valence-corrected chi connectivity index (χ1v) is 8.96. The van der Waals surface area contributed by atoms with Gasteiger partial charge in [0, 0.05) is 30.5 Å². The van der Waals surface area contributed by atoms with E-state index < -0.39 is 15.6 Å². The fourth-order valence-electron chi connectivity index (χ4n) is 2.01. The summed E-state index contributed by atoms with van der Waals surface area (Å²) in [5.74, 6) is 0.335. The van der Waals surface area contributed by atoms with Crippen molar-refractivity contribution in [3.05, 3.63) is 60.1 Å². The Balaban J connectivity index is 1.88. The minimum Gasteiger partial charge on any atom is -0.339 e. The van der Waals surface area contributed by atoms with E-state index in [0.29, 0.717) is 22.8 Å². The van der Waals surface area contributed by atoms with Gasteiger partial charge in [0.1, 0.15) is 5.03 Å². The molecule has 0 bridgehead atoms. The topological polar surface area (TPSA) is 98.3 Å². The number of aromatic nitrogens is 3. The average Bonchev–Trinajstić information content (AvgIpc) is 3.02. The number of hydrogen-bond donors (Lipinski definition) is 0. The zero-order valence-electron chi connectivity index (χ0n) is 13.0. The standard InChI is InChI=1S/C16H14N4O3S/c1-11-18-15(19-23-11)12-6-8-13(9-7-12)16(21)20-24(2,22)14-5-3-4-10-17-14/h3-10H,1-2H3. The zero-order chi connectivity index (χ0) is 17.2. The number of carbonyl (C=O) groups is 1. The van der Waals surface area contributed by atoms with Crippen LogP contribution < -0.4 is 0 Å². The zero-order valence-corrected chi connectivity index (χ0v) is 13.9. The highest BCUT2D eigenvalue weighted by molar-refractivity contribution is 7.93. The number of pyridine rings is 1. The summed E-state index contributed by atoms with van der Waals surface area (Å²) in [6.07, 6.45) is 2.91. The third-order valence-electron chi connectivity index (χ3n) is 3.20. The Kier molecular flexibility index (Phi) is 4.22. The maximum Gasteiger partial charge on any atom is 0.285 e. The largest absolute Gasteiger partial charge is 0.339 e. The van der Waals surface area contributed by atoms with E-state index in [0.717, 1.165) is 0 Å². The Morgan fingerprint density at radius 1 is 1.17 bits per heavy atom. The second kappa shape index (κ2) is 6.32. The molecule has 3 aromatic rings. The first-order chi connectivity index (χ1) is 11.5. The van der Waals surface area contributed by atoms with Crippen LogP contribution in [-0.4, -0.2) is 31.5 Å². The molecule has 2 aromatic heterocycles. The molecular weight excluding hydrogens is 328 g/mol. The van der Waals surface area contributed by atoms with Crippen LogP contribution in [0, 0.1) is 6.92 Å². The number of hydrogen-bond acceptors (Lipinski definition) is 6. The van der Waals surface area contributed by atoms with Crippen LogP contribution in [0.25, 0.3) is 11.4 Å². The Morgan fingerprint density at radius 3 is 2.50 bits per heavy atom. The van der Waals surface area contributed by atoms with E-state index in [1.54, 1.807) is 49.4 Å². The lowest BCUT2D eigenvalue weighted by Gasteiger charge is -2.03. The predicted octanol–water partition coefficient (Wildman–Crippen LogP) is 2.74. The van der Waals surface area contributed by atoms with Crippen molar-refractivity contribution in [2.45, 2.75) is 11.9 Å². The molecule has 0 radical (unpaired) electrons. The van der Waals surface area contributed by atoms with Gasteiger partial charge in [-0.05, 0) is 24.3 Å². The van der Waals surface area contributed by atoms with Gasteiger partial charge in [0.05, 0.1) is 9.73 Å². The van der Waals surface area contributed by atoms with Crippen LogP contribution >= 0.6 is 0 Å². The van der Waals surface area contributed by atoms with Crippen LogP contribution in [-0.2, 0) is 9.73 Å². The average molecular weight is 342 g/mol. The van der Waals surface area contributed by atoms with E-state index in [1.165, 1.54) is 12.5 Å². The van der Waals surface area contributed by atoms with Crippen LogP contribution in [0.3, 0.4) is 0 Å². The van der Waals surface area contributed by atoms with Crippen molar-refractivity contribution in [3.8, 4) is 11.4 Å². The number of amides is 1. The van der Waals surface area contributed by atoms with Crippen LogP contribution in [0.4, 0.5) is 0 Å². The van der Waals surface area contributed by atoms with Crippen molar-refractivity contribution < 1.29 is 13.5 Å². The lowest BCUT2D eigenvalue weighted by atomic mass is 10.1. The van der Waals surface area contributed by atoms with E-state index in [2.05, 4.69) is 19.5 Å². The SMILES string of the molecule is Cc1nc(-c2ccc(C(=O)N=S(C)(=O)c3ccccn3)cc2)no1. The molecule has 0 saturated heterocycles. The molecule has 0 aliphatic rings. The van der Waals surface area contributed by atoms with E-state index in [9.17, 15) is 9.00 Å². The smallest absolute Gasteiger partial charge is 0.285 e. The normalized spacial score (nSPS) is 13.2. The number of aryl methyl sites for hydroxylation is 1. The maximum absolute atomic E-state index is 12.6. The van der Waals surface area contributed by atoms with Gasteiger partial charge in [-0.15, -0.1) is 0 Å². The molecule has 1 unspecified atom stereocenters. The van der Waals surface area contributed by atoms with Crippen molar-refractivity contribution in [3.63, 3.8) is 0 Å². The van der Waals surface area contributed by atoms with Gasteiger partial charge in [0.2, 0.25) is 11.7 Å². The minimum atomic E-state index is -2.89. The van der Waals surface area contributed by atoms with Crippen molar-refractivity contribution in [2.24, 2.45) is 4.36 Å². The van der Waals surface area contributed by atoms with Crippen LogP contribution in [0.15, 0.2) is 62.6 Å². The van der Waals surface area contributed by atoms with Crippen LogP contribution in [0.2, 0.25) is 0 Å². The molecule has 24 heavy (non-hydrogen) atoms. The molecule has 2 heterocycles. The first-order valence-electron chi connectivity index (χ1n) is 7.04. The molecule has 122 valence electrons. The maximum atomic E-state index is 12.6. The Labute approximate surface area is 138 Å². The van der Waals surface area contributed by atoms with Crippen molar-refractivity contribution >= 4 is 15.6 Å². The summed E-state index contributed by atoms with van der Waals surface area (Å²) in [6.45, 7) is 1.70. The highest BCUT2D eigenvalue weighted by Gasteiger charge is 2.13. The Bertz CT molecular complexity index is 988. The molecule has 8 heteroatoms. The van der Waals surface area contributed by atoms with Gasteiger partial charge < -0.3 is 4.52 Å². The quantitative estimate of drug-likeness (QED) is 0.726. The molecule has 1 atom stereocenters. The van der Waals surface area contributed by atoms with Gasteiger partial charge in [-0.3, -0.25) is 4.79 Å². The molecule has 0 aliphatic carbocycles. The number of benzene rings is 1. The summed E-state index contributed by atoms with van der Waals surface area (Å²) in [4.78, 5) is 20.4. The Morgan fingerprint density at radius 2 is 1.92 bits per heavy atom. The van der Waals surface area contributed by atoms with E-state index >= 15 is 0 Å². The summed E-state index contributed by atoms with van der Waals surface area (Å²) in [5, 5.41) is 4.09. The van der Waals surface area contributed by atoms with Gasteiger partial charge in [-0.2, -0.15) is 9.35 Å². The van der Waals surface area contributed by atoms with E-state index in [4.69, 9.17) is 4.52 Å². The molecule has 0 fully saturated rings. The summed E-state index contributed by atoms with van der Waals surface area (Å²) < 4.78 is 21.3. The second-order valence-electron chi connectivity index (χ2n) is 5.08. The van der Waals surface area contributed by atoms with Gasteiger partial charge >= 0.3 is 0 Å². The number of nitrogens with zero attached hydrogens (tertiary/aromatic N) is 4. The summed E-state index contributed by atoms with van der Waals surface area (Å²) >= 11 is 0. The first kappa shape index (κ1) is 16.0. The molecule has 3 rings (SSSR count). The molecule has 0 N–H and O–H groups in total. The van der Waals surface area contributed by atoms with Gasteiger partial charge in [0.15, 0.2) is 0 Å². The summed E-state index contributed by atoms with van der Waals surface area (Å²) in [7, 11) is -2.89. The molecule has 0 spiro atoms. The monoisotopic (exact) mass is 342 g/mol.